The number of aryl methyl sites for hydroxylation is 1. The summed E-state index contributed by atoms with van der Waals surface area (Å²) < 4.78 is 51.6. The van der Waals surface area contributed by atoms with Gasteiger partial charge < -0.3 is 14.8 Å². The number of ether oxygens (including phenoxy) is 2. The minimum absolute atomic E-state index is 0.0239. The average Bonchev–Trinajstić information content (AvgIpc) is 2.93. The summed E-state index contributed by atoms with van der Waals surface area (Å²) in [6, 6.07) is 9.01. The predicted molar refractivity (Wildman–Crippen MR) is 105 cm³/mol. The van der Waals surface area contributed by atoms with Crippen LogP contribution in [0.3, 0.4) is 0 Å². The molecule has 1 aliphatic heterocycles. The lowest BCUT2D eigenvalue weighted by Crippen LogP contribution is -2.30. The second kappa shape index (κ2) is 9.23. The Kier molecular flexibility index (Phi) is 6.71. The van der Waals surface area contributed by atoms with E-state index in [1.54, 1.807) is 25.1 Å². The Morgan fingerprint density at radius 2 is 1.86 bits per heavy atom. The van der Waals surface area contributed by atoms with Crippen LogP contribution in [0.25, 0.3) is 0 Å². The minimum Gasteiger partial charge on any atom is -0.490 e. The van der Waals surface area contributed by atoms with Crippen LogP contribution in [0.15, 0.2) is 41.3 Å². The van der Waals surface area contributed by atoms with Crippen LogP contribution in [-0.4, -0.2) is 34.1 Å². The summed E-state index contributed by atoms with van der Waals surface area (Å²) in [6.45, 7) is 2.82. The molecule has 1 amide bonds. The SMILES string of the molecule is Cc1cc(CNC(=O)CCNS(=O)(=O)c2ccc3c(c2)OCCCO3)ccc1F. The highest BCUT2D eigenvalue weighted by atomic mass is 32.2. The molecule has 9 heteroatoms. The van der Waals surface area contributed by atoms with Gasteiger partial charge in [0, 0.05) is 32.0 Å². The third-order valence-corrected chi connectivity index (χ3v) is 5.84. The average molecular weight is 422 g/mol. The second-order valence-corrected chi connectivity index (χ2v) is 8.43. The molecule has 2 aromatic carbocycles. The van der Waals surface area contributed by atoms with E-state index < -0.39 is 10.0 Å². The molecule has 3 rings (SSSR count). The van der Waals surface area contributed by atoms with E-state index in [0.717, 1.165) is 12.0 Å². The summed E-state index contributed by atoms with van der Waals surface area (Å²) in [6.07, 6.45) is 0.700. The van der Waals surface area contributed by atoms with E-state index in [-0.39, 0.29) is 36.1 Å². The Bertz CT molecular complexity index is 994. The molecule has 7 nitrogen and oxygen atoms in total. The Hall–Kier alpha value is -2.65. The highest BCUT2D eigenvalue weighted by molar-refractivity contribution is 7.89. The van der Waals surface area contributed by atoms with Crippen LogP contribution in [0.2, 0.25) is 0 Å². The van der Waals surface area contributed by atoms with E-state index in [1.165, 1.54) is 18.2 Å². The van der Waals surface area contributed by atoms with E-state index in [1.807, 2.05) is 0 Å². The van der Waals surface area contributed by atoms with Crippen molar-refractivity contribution in [2.75, 3.05) is 19.8 Å². The third kappa shape index (κ3) is 5.68. The molecule has 0 aliphatic carbocycles. The number of amides is 1. The van der Waals surface area contributed by atoms with Gasteiger partial charge in [0.1, 0.15) is 5.82 Å². The number of rotatable bonds is 7. The molecule has 156 valence electrons. The summed E-state index contributed by atoms with van der Waals surface area (Å²) in [5.41, 5.74) is 1.27. The molecular weight excluding hydrogens is 399 g/mol. The molecule has 29 heavy (non-hydrogen) atoms. The van der Waals surface area contributed by atoms with Crippen LogP contribution in [-0.2, 0) is 21.4 Å². The normalized spacial score (nSPS) is 13.6. The van der Waals surface area contributed by atoms with Gasteiger partial charge in [-0.1, -0.05) is 12.1 Å². The minimum atomic E-state index is -3.79. The fraction of sp³-hybridized carbons (Fsp3) is 0.350. The van der Waals surface area contributed by atoms with Crippen LogP contribution in [0, 0.1) is 12.7 Å². The van der Waals surface area contributed by atoms with Crippen LogP contribution in [0.1, 0.15) is 24.0 Å². The van der Waals surface area contributed by atoms with Gasteiger partial charge in [0.05, 0.1) is 18.1 Å². The van der Waals surface area contributed by atoms with E-state index in [9.17, 15) is 17.6 Å². The number of nitrogens with one attached hydrogen (secondary N) is 2. The smallest absolute Gasteiger partial charge is 0.240 e. The first-order chi connectivity index (χ1) is 13.8. The van der Waals surface area contributed by atoms with Gasteiger partial charge in [-0.05, 0) is 36.2 Å². The quantitative estimate of drug-likeness (QED) is 0.714. The molecule has 1 heterocycles. The lowest BCUT2D eigenvalue weighted by molar-refractivity contribution is -0.121. The summed E-state index contributed by atoms with van der Waals surface area (Å²) in [7, 11) is -3.79. The van der Waals surface area contributed by atoms with Crippen molar-refractivity contribution in [3.63, 3.8) is 0 Å². The van der Waals surface area contributed by atoms with Crippen molar-refractivity contribution in [1.29, 1.82) is 0 Å². The fourth-order valence-corrected chi connectivity index (χ4v) is 3.85. The fourth-order valence-electron chi connectivity index (χ4n) is 2.80. The largest absolute Gasteiger partial charge is 0.490 e. The van der Waals surface area contributed by atoms with Gasteiger partial charge in [-0.15, -0.1) is 0 Å². The number of sulfonamides is 1. The Balaban J connectivity index is 1.50. The Morgan fingerprint density at radius 3 is 2.62 bits per heavy atom. The zero-order valence-electron chi connectivity index (χ0n) is 16.0. The van der Waals surface area contributed by atoms with Gasteiger partial charge in [0.2, 0.25) is 15.9 Å². The molecule has 1 aliphatic rings. The molecule has 0 unspecified atom stereocenters. The zero-order chi connectivity index (χ0) is 20.9. The van der Waals surface area contributed by atoms with Gasteiger partial charge in [-0.3, -0.25) is 4.79 Å². The lowest BCUT2D eigenvalue weighted by Gasteiger charge is -2.11. The van der Waals surface area contributed by atoms with Crippen molar-refractivity contribution in [3.05, 3.63) is 53.3 Å². The molecule has 0 radical (unpaired) electrons. The van der Waals surface area contributed by atoms with E-state index in [4.69, 9.17) is 9.47 Å². The molecule has 0 fully saturated rings. The van der Waals surface area contributed by atoms with Gasteiger partial charge in [-0.25, -0.2) is 17.5 Å². The first-order valence-corrected chi connectivity index (χ1v) is 10.7. The molecule has 0 saturated carbocycles. The van der Waals surface area contributed by atoms with Crippen molar-refractivity contribution in [3.8, 4) is 11.5 Å². The van der Waals surface area contributed by atoms with Crippen LogP contribution in [0.5, 0.6) is 11.5 Å². The number of hydrogen-bond donors (Lipinski definition) is 2. The molecule has 0 bridgehead atoms. The van der Waals surface area contributed by atoms with Gasteiger partial charge in [0.25, 0.3) is 0 Å². The van der Waals surface area contributed by atoms with E-state index in [2.05, 4.69) is 10.0 Å². The predicted octanol–water partition coefficient (Wildman–Crippen LogP) is 2.28. The summed E-state index contributed by atoms with van der Waals surface area (Å²) in [4.78, 5) is 12.0. The van der Waals surface area contributed by atoms with Crippen molar-refractivity contribution >= 4 is 15.9 Å². The molecule has 2 N–H and O–H groups in total. The third-order valence-electron chi connectivity index (χ3n) is 4.39. The standard InChI is InChI=1S/C20H23FN2O5S/c1-14-11-15(3-5-17(14)21)13-22-20(24)7-8-23-29(25,26)16-4-6-18-19(12-16)28-10-2-9-27-18/h3-6,11-12,23H,2,7-10,13H2,1H3,(H,22,24). The number of carbonyl (C=O) groups excluding carboxylic acids is 1. The van der Waals surface area contributed by atoms with Crippen LogP contribution >= 0.6 is 0 Å². The summed E-state index contributed by atoms with van der Waals surface area (Å²) >= 11 is 0. The zero-order valence-corrected chi connectivity index (χ0v) is 16.9. The maximum Gasteiger partial charge on any atom is 0.240 e. The van der Waals surface area contributed by atoms with Gasteiger partial charge in [0.15, 0.2) is 11.5 Å². The molecule has 0 atom stereocenters. The number of carbonyl (C=O) groups is 1. The molecule has 0 spiro atoms. The summed E-state index contributed by atoms with van der Waals surface area (Å²) in [5, 5.41) is 2.69. The number of benzene rings is 2. The molecule has 0 aromatic heterocycles. The summed E-state index contributed by atoms with van der Waals surface area (Å²) in [5.74, 6) is 0.284. The Morgan fingerprint density at radius 1 is 1.10 bits per heavy atom. The molecule has 0 saturated heterocycles. The molecular formula is C20H23FN2O5S. The number of halogens is 1. The lowest BCUT2D eigenvalue weighted by atomic mass is 10.1. The monoisotopic (exact) mass is 422 g/mol. The molecule has 2 aromatic rings. The van der Waals surface area contributed by atoms with Crippen molar-refractivity contribution in [2.45, 2.75) is 31.2 Å². The highest BCUT2D eigenvalue weighted by Crippen LogP contribution is 2.31. The maximum atomic E-state index is 13.3. The van der Waals surface area contributed by atoms with Crippen LogP contribution in [0.4, 0.5) is 4.39 Å². The van der Waals surface area contributed by atoms with Crippen molar-refractivity contribution in [2.24, 2.45) is 0 Å². The van der Waals surface area contributed by atoms with Crippen molar-refractivity contribution in [1.82, 2.24) is 10.0 Å². The maximum absolute atomic E-state index is 13.3. The van der Waals surface area contributed by atoms with Gasteiger partial charge in [-0.2, -0.15) is 0 Å². The van der Waals surface area contributed by atoms with Crippen molar-refractivity contribution < 1.29 is 27.1 Å². The highest BCUT2D eigenvalue weighted by Gasteiger charge is 2.19. The van der Waals surface area contributed by atoms with Gasteiger partial charge >= 0.3 is 0 Å². The number of hydrogen-bond acceptors (Lipinski definition) is 5. The van der Waals surface area contributed by atoms with E-state index in [0.29, 0.717) is 30.3 Å². The Labute approximate surface area is 169 Å². The van der Waals surface area contributed by atoms with Crippen LogP contribution < -0.4 is 19.5 Å². The first kappa shape index (κ1) is 21.1. The van der Waals surface area contributed by atoms with E-state index >= 15 is 0 Å². The number of fused-ring (bicyclic) bond motifs is 1. The topological polar surface area (TPSA) is 93.7 Å². The first-order valence-electron chi connectivity index (χ1n) is 9.26. The second-order valence-electron chi connectivity index (χ2n) is 6.67.